The predicted octanol–water partition coefficient (Wildman–Crippen LogP) is 2.55. The van der Waals surface area contributed by atoms with Gasteiger partial charge >= 0.3 is 0 Å². The molecule has 0 spiro atoms. The van der Waals surface area contributed by atoms with Crippen LogP contribution in [0, 0.1) is 0 Å². The maximum absolute atomic E-state index is 4.35. The van der Waals surface area contributed by atoms with Crippen molar-refractivity contribution in [3.8, 4) is 10.7 Å². The third-order valence-corrected chi connectivity index (χ3v) is 3.82. The number of rotatable bonds is 3. The molecule has 0 fully saturated rings. The highest BCUT2D eigenvalue weighted by Crippen LogP contribution is 2.27. The van der Waals surface area contributed by atoms with Crippen LogP contribution in [-0.4, -0.2) is 17.0 Å². The average molecular weight is 225 g/mol. The van der Waals surface area contributed by atoms with Gasteiger partial charge in [-0.1, -0.05) is 0 Å². The Balaban J connectivity index is 2.26. The van der Waals surface area contributed by atoms with Crippen molar-refractivity contribution in [1.29, 1.82) is 0 Å². The fourth-order valence-electron chi connectivity index (χ4n) is 1.07. The van der Waals surface area contributed by atoms with Crippen LogP contribution in [0.5, 0.6) is 0 Å². The lowest BCUT2D eigenvalue weighted by Crippen LogP contribution is -2.10. The third-order valence-electron chi connectivity index (χ3n) is 2.03. The Bertz CT molecular complexity index is 394. The molecule has 0 radical (unpaired) electrons. The normalized spacial score (nSPS) is 13.0. The summed E-state index contributed by atoms with van der Waals surface area (Å²) in [7, 11) is 1.95. The van der Waals surface area contributed by atoms with E-state index in [0.29, 0.717) is 6.04 Å². The first-order valence-corrected chi connectivity index (χ1v) is 6.08. The minimum Gasteiger partial charge on any atom is -0.312 e. The van der Waals surface area contributed by atoms with E-state index in [1.54, 1.807) is 22.7 Å². The first-order valence-electron chi connectivity index (χ1n) is 4.33. The summed E-state index contributed by atoms with van der Waals surface area (Å²) >= 11 is 3.29. The minimum atomic E-state index is 0.361. The van der Waals surface area contributed by atoms with Gasteiger partial charge in [0.1, 0.15) is 10.7 Å². The van der Waals surface area contributed by atoms with Crippen LogP contribution < -0.4 is 5.32 Å². The first kappa shape index (κ1) is 9.76. The maximum Gasteiger partial charge on any atom is 0.142 e. The lowest BCUT2D eigenvalue weighted by Gasteiger charge is -2.04. The van der Waals surface area contributed by atoms with Crippen LogP contribution in [0.1, 0.15) is 17.8 Å². The summed E-state index contributed by atoms with van der Waals surface area (Å²) in [6.07, 6.45) is 1.92. The summed E-state index contributed by atoms with van der Waals surface area (Å²) in [4.78, 5) is 9.83. The van der Waals surface area contributed by atoms with Gasteiger partial charge in [-0.2, -0.15) is 0 Å². The molecule has 0 aliphatic rings. The summed E-state index contributed by atoms with van der Waals surface area (Å²) < 4.78 is 0. The van der Waals surface area contributed by atoms with Gasteiger partial charge < -0.3 is 5.32 Å². The average Bonchev–Trinajstić information content (AvgIpc) is 2.86. The van der Waals surface area contributed by atoms with E-state index in [4.69, 9.17) is 0 Å². The van der Waals surface area contributed by atoms with Crippen LogP contribution in [0.15, 0.2) is 17.1 Å². The zero-order valence-corrected chi connectivity index (χ0v) is 9.65. The lowest BCUT2D eigenvalue weighted by molar-refractivity contribution is 0.662. The minimum absolute atomic E-state index is 0.361. The summed E-state index contributed by atoms with van der Waals surface area (Å²) in [6, 6.07) is 0.361. The Labute approximate surface area is 90.9 Å². The molecule has 0 aliphatic carbocycles. The molecule has 2 rings (SSSR count). The van der Waals surface area contributed by atoms with Crippen molar-refractivity contribution in [3.63, 3.8) is 0 Å². The Kier molecular flexibility index (Phi) is 2.90. The van der Waals surface area contributed by atoms with Crippen molar-refractivity contribution < 1.29 is 0 Å². The first-order chi connectivity index (χ1) is 6.81. The number of nitrogens with one attached hydrogen (secondary N) is 1. The third kappa shape index (κ3) is 1.84. The molecule has 0 aliphatic heterocycles. The van der Waals surface area contributed by atoms with E-state index >= 15 is 0 Å². The molecule has 1 atom stereocenters. The second kappa shape index (κ2) is 4.16. The second-order valence-electron chi connectivity index (χ2n) is 2.95. The summed E-state index contributed by atoms with van der Waals surface area (Å²) in [5, 5.41) is 6.22. The van der Waals surface area contributed by atoms with E-state index in [9.17, 15) is 0 Å². The molecule has 1 unspecified atom stereocenters. The molecule has 0 saturated carbocycles. The fourth-order valence-corrected chi connectivity index (χ4v) is 2.62. The molecule has 2 heterocycles. The van der Waals surface area contributed by atoms with Gasteiger partial charge in [0, 0.05) is 22.5 Å². The molecule has 2 aromatic heterocycles. The SMILES string of the molecule is CNC(C)c1cnc(-c2cscn2)s1. The second-order valence-corrected chi connectivity index (χ2v) is 4.73. The highest BCUT2D eigenvalue weighted by molar-refractivity contribution is 7.15. The van der Waals surface area contributed by atoms with E-state index in [-0.39, 0.29) is 0 Å². The molecule has 1 N–H and O–H groups in total. The van der Waals surface area contributed by atoms with Gasteiger partial charge in [-0.25, -0.2) is 9.97 Å². The quantitative estimate of drug-likeness (QED) is 0.872. The predicted molar refractivity (Wildman–Crippen MR) is 60.7 cm³/mol. The number of thiazole rings is 2. The van der Waals surface area contributed by atoms with Gasteiger partial charge in [0.2, 0.25) is 0 Å². The number of nitrogens with zero attached hydrogens (tertiary/aromatic N) is 2. The van der Waals surface area contributed by atoms with Gasteiger partial charge in [-0.15, -0.1) is 22.7 Å². The summed E-state index contributed by atoms with van der Waals surface area (Å²) in [6.45, 7) is 2.12. The molecule has 0 aromatic carbocycles. The van der Waals surface area contributed by atoms with Gasteiger partial charge in [-0.05, 0) is 14.0 Å². The molecule has 74 valence electrons. The molecule has 5 heteroatoms. The van der Waals surface area contributed by atoms with E-state index in [1.165, 1.54) is 4.88 Å². The molecule has 2 aromatic rings. The molecule has 0 saturated heterocycles. The topological polar surface area (TPSA) is 37.8 Å². The van der Waals surface area contributed by atoms with E-state index in [2.05, 4.69) is 22.2 Å². The van der Waals surface area contributed by atoms with Gasteiger partial charge in [-0.3, -0.25) is 0 Å². The molecule has 0 amide bonds. The number of hydrogen-bond acceptors (Lipinski definition) is 5. The van der Waals surface area contributed by atoms with Crippen molar-refractivity contribution in [2.24, 2.45) is 0 Å². The molecule has 14 heavy (non-hydrogen) atoms. The van der Waals surface area contributed by atoms with Crippen LogP contribution in [0.25, 0.3) is 10.7 Å². The molecular weight excluding hydrogens is 214 g/mol. The smallest absolute Gasteiger partial charge is 0.142 e. The number of aromatic nitrogens is 2. The van der Waals surface area contributed by atoms with E-state index < -0.39 is 0 Å². The van der Waals surface area contributed by atoms with Crippen molar-refractivity contribution in [3.05, 3.63) is 22.0 Å². The maximum atomic E-state index is 4.35. The summed E-state index contributed by atoms with van der Waals surface area (Å²) in [5.74, 6) is 0. The van der Waals surface area contributed by atoms with Crippen LogP contribution in [-0.2, 0) is 0 Å². The van der Waals surface area contributed by atoms with Gasteiger partial charge in [0.05, 0.1) is 5.51 Å². The van der Waals surface area contributed by atoms with Crippen molar-refractivity contribution in [2.45, 2.75) is 13.0 Å². The molecule has 3 nitrogen and oxygen atoms in total. The lowest BCUT2D eigenvalue weighted by atomic mass is 10.3. The van der Waals surface area contributed by atoms with Crippen LogP contribution in [0.3, 0.4) is 0 Å². The van der Waals surface area contributed by atoms with Gasteiger partial charge in [0.25, 0.3) is 0 Å². The molecular formula is C9H11N3S2. The highest BCUT2D eigenvalue weighted by Gasteiger charge is 2.09. The fraction of sp³-hybridized carbons (Fsp3) is 0.333. The van der Waals surface area contributed by atoms with Gasteiger partial charge in [0.15, 0.2) is 0 Å². The van der Waals surface area contributed by atoms with E-state index in [1.807, 2.05) is 24.1 Å². The van der Waals surface area contributed by atoms with E-state index in [0.717, 1.165) is 10.7 Å². The van der Waals surface area contributed by atoms with Crippen molar-refractivity contribution in [1.82, 2.24) is 15.3 Å². The Morgan fingerprint density at radius 3 is 2.93 bits per heavy atom. The monoisotopic (exact) mass is 225 g/mol. The summed E-state index contributed by atoms with van der Waals surface area (Å²) in [5.41, 5.74) is 2.81. The van der Waals surface area contributed by atoms with Crippen molar-refractivity contribution >= 4 is 22.7 Å². The Hall–Kier alpha value is -0.780. The zero-order valence-electron chi connectivity index (χ0n) is 8.02. The van der Waals surface area contributed by atoms with Crippen LogP contribution in [0.2, 0.25) is 0 Å². The Morgan fingerprint density at radius 2 is 2.29 bits per heavy atom. The largest absolute Gasteiger partial charge is 0.312 e. The van der Waals surface area contributed by atoms with Crippen LogP contribution in [0.4, 0.5) is 0 Å². The highest BCUT2D eigenvalue weighted by atomic mass is 32.1. The van der Waals surface area contributed by atoms with Crippen molar-refractivity contribution in [2.75, 3.05) is 7.05 Å². The van der Waals surface area contributed by atoms with Crippen LogP contribution >= 0.6 is 22.7 Å². The number of hydrogen-bond donors (Lipinski definition) is 1. The zero-order chi connectivity index (χ0) is 9.97. The Morgan fingerprint density at radius 1 is 1.43 bits per heavy atom. The molecule has 0 bridgehead atoms. The standard InChI is InChI=1S/C9H11N3S2/c1-6(10-2)8-3-11-9(14-8)7-4-13-5-12-7/h3-6,10H,1-2H3.